The van der Waals surface area contributed by atoms with Crippen LogP contribution in [0.3, 0.4) is 0 Å². The topological polar surface area (TPSA) is 18.5 Å². The largest absolute Gasteiger partial charge is 0.377 e. The minimum atomic E-state index is -0.629. The molecule has 4 aromatic carbocycles. The molecule has 0 spiro atoms. The van der Waals surface area contributed by atoms with Crippen LogP contribution in [0.2, 0.25) is 0 Å². The molecule has 0 atom stereocenters. The SMILES string of the molecule is Brc1ccccc1COCCCCCCOC(c1ccccc1)(c1ccccc1)c1ccccc1. The van der Waals surface area contributed by atoms with Gasteiger partial charge in [0.25, 0.3) is 0 Å². The van der Waals surface area contributed by atoms with Crippen LogP contribution < -0.4 is 0 Å². The van der Waals surface area contributed by atoms with Gasteiger partial charge in [0, 0.05) is 17.7 Å². The van der Waals surface area contributed by atoms with Crippen molar-refractivity contribution in [3.8, 4) is 0 Å². The summed E-state index contributed by atoms with van der Waals surface area (Å²) in [6.45, 7) is 2.12. The van der Waals surface area contributed by atoms with E-state index < -0.39 is 5.60 Å². The summed E-state index contributed by atoms with van der Waals surface area (Å²) >= 11 is 3.58. The predicted octanol–water partition coefficient (Wildman–Crippen LogP) is 8.53. The van der Waals surface area contributed by atoms with Gasteiger partial charge in [-0.25, -0.2) is 0 Å². The first kappa shape index (κ1) is 25.4. The van der Waals surface area contributed by atoms with Gasteiger partial charge in [-0.05, 0) is 41.2 Å². The molecule has 4 rings (SSSR count). The third-order valence-corrected chi connectivity index (χ3v) is 7.03. The summed E-state index contributed by atoms with van der Waals surface area (Å²) in [5.41, 5.74) is 4.02. The van der Waals surface area contributed by atoms with E-state index in [9.17, 15) is 0 Å². The minimum Gasteiger partial charge on any atom is -0.377 e. The summed E-state index contributed by atoms with van der Waals surface area (Å²) in [6, 6.07) is 40.0. The van der Waals surface area contributed by atoms with Crippen molar-refractivity contribution in [1.29, 1.82) is 0 Å². The average Bonchev–Trinajstić information content (AvgIpc) is 2.92. The van der Waals surface area contributed by atoms with Crippen LogP contribution in [0.5, 0.6) is 0 Å². The zero-order valence-corrected chi connectivity index (χ0v) is 21.7. The van der Waals surface area contributed by atoms with Crippen molar-refractivity contribution < 1.29 is 9.47 Å². The highest BCUT2D eigenvalue weighted by Crippen LogP contribution is 2.40. The molecule has 0 radical (unpaired) electrons. The van der Waals surface area contributed by atoms with E-state index in [0.717, 1.165) is 53.5 Å². The lowest BCUT2D eigenvalue weighted by molar-refractivity contribution is 0.0104. The Labute approximate surface area is 218 Å². The van der Waals surface area contributed by atoms with Crippen molar-refractivity contribution >= 4 is 15.9 Å². The molecule has 0 fully saturated rings. The van der Waals surface area contributed by atoms with Gasteiger partial charge >= 0.3 is 0 Å². The van der Waals surface area contributed by atoms with E-state index in [1.54, 1.807) is 0 Å². The highest BCUT2D eigenvalue weighted by molar-refractivity contribution is 9.10. The van der Waals surface area contributed by atoms with E-state index in [-0.39, 0.29) is 0 Å². The molecule has 180 valence electrons. The lowest BCUT2D eigenvalue weighted by Gasteiger charge is -2.36. The fourth-order valence-corrected chi connectivity index (χ4v) is 4.85. The maximum Gasteiger partial charge on any atom is 0.143 e. The van der Waals surface area contributed by atoms with E-state index in [1.807, 2.05) is 12.1 Å². The molecule has 0 saturated heterocycles. The molecule has 0 aliphatic rings. The number of benzene rings is 4. The maximum atomic E-state index is 6.85. The second-order valence-corrected chi connectivity index (χ2v) is 9.54. The second-order valence-electron chi connectivity index (χ2n) is 8.69. The van der Waals surface area contributed by atoms with E-state index in [0.29, 0.717) is 13.2 Å². The van der Waals surface area contributed by atoms with Crippen molar-refractivity contribution in [2.45, 2.75) is 37.9 Å². The van der Waals surface area contributed by atoms with Crippen LogP contribution in [0, 0.1) is 0 Å². The molecular formula is C32H33BrO2. The van der Waals surface area contributed by atoms with Gasteiger partial charge < -0.3 is 9.47 Å². The van der Waals surface area contributed by atoms with Crippen LogP contribution in [0.15, 0.2) is 120 Å². The van der Waals surface area contributed by atoms with Gasteiger partial charge in [-0.15, -0.1) is 0 Å². The van der Waals surface area contributed by atoms with Crippen molar-refractivity contribution in [2.24, 2.45) is 0 Å². The Morgan fingerprint density at radius 3 is 1.49 bits per heavy atom. The summed E-state index contributed by atoms with van der Waals surface area (Å²) in [5.74, 6) is 0. The lowest BCUT2D eigenvalue weighted by atomic mass is 9.80. The molecule has 35 heavy (non-hydrogen) atoms. The fraction of sp³-hybridized carbons (Fsp3) is 0.250. The Balaban J connectivity index is 1.35. The number of halogens is 1. The fourth-order valence-electron chi connectivity index (χ4n) is 4.45. The third kappa shape index (κ3) is 6.70. The number of rotatable bonds is 13. The van der Waals surface area contributed by atoms with E-state index in [1.165, 1.54) is 5.56 Å². The summed E-state index contributed by atoms with van der Waals surface area (Å²) in [5, 5.41) is 0. The van der Waals surface area contributed by atoms with Crippen LogP contribution >= 0.6 is 15.9 Å². The first-order chi connectivity index (χ1) is 17.3. The lowest BCUT2D eigenvalue weighted by Crippen LogP contribution is -2.33. The molecule has 0 N–H and O–H groups in total. The molecule has 2 nitrogen and oxygen atoms in total. The van der Waals surface area contributed by atoms with Crippen LogP contribution in [0.1, 0.15) is 47.9 Å². The third-order valence-electron chi connectivity index (χ3n) is 6.26. The number of unbranched alkanes of at least 4 members (excludes halogenated alkanes) is 3. The standard InChI is InChI=1S/C32H33BrO2/c33-31-23-13-12-16-27(31)26-34-24-14-1-2-15-25-35-32(28-17-6-3-7-18-28,29-19-8-4-9-20-29)30-21-10-5-11-22-30/h3-13,16-23H,1-2,14-15,24-26H2. The molecule has 0 heterocycles. The van der Waals surface area contributed by atoms with Gasteiger partial charge in [0.1, 0.15) is 5.60 Å². The van der Waals surface area contributed by atoms with Gasteiger partial charge in [-0.1, -0.05) is 138 Å². The van der Waals surface area contributed by atoms with Crippen LogP contribution in [-0.2, 0) is 21.7 Å². The van der Waals surface area contributed by atoms with Crippen molar-refractivity contribution in [2.75, 3.05) is 13.2 Å². The normalized spacial score (nSPS) is 11.5. The van der Waals surface area contributed by atoms with Gasteiger partial charge in [-0.3, -0.25) is 0 Å². The van der Waals surface area contributed by atoms with Crippen molar-refractivity contribution in [1.82, 2.24) is 0 Å². The molecule has 0 saturated carbocycles. The first-order valence-corrected chi connectivity index (χ1v) is 13.2. The molecule has 0 bridgehead atoms. The Morgan fingerprint density at radius 2 is 0.971 bits per heavy atom. The van der Waals surface area contributed by atoms with Gasteiger partial charge in [0.05, 0.1) is 6.61 Å². The highest BCUT2D eigenvalue weighted by atomic mass is 79.9. The highest BCUT2D eigenvalue weighted by Gasteiger charge is 2.37. The Bertz CT molecular complexity index is 1030. The predicted molar refractivity (Wildman–Crippen MR) is 147 cm³/mol. The van der Waals surface area contributed by atoms with Gasteiger partial charge in [-0.2, -0.15) is 0 Å². The molecule has 4 aromatic rings. The minimum absolute atomic E-state index is 0.629. The van der Waals surface area contributed by atoms with Crippen LogP contribution in [-0.4, -0.2) is 13.2 Å². The zero-order valence-electron chi connectivity index (χ0n) is 20.1. The van der Waals surface area contributed by atoms with Gasteiger partial charge in [0.15, 0.2) is 0 Å². The summed E-state index contributed by atoms with van der Waals surface area (Å²) in [6.07, 6.45) is 4.32. The number of hydrogen-bond acceptors (Lipinski definition) is 2. The van der Waals surface area contributed by atoms with E-state index in [4.69, 9.17) is 9.47 Å². The second kappa shape index (κ2) is 13.4. The zero-order chi connectivity index (χ0) is 24.2. The quantitative estimate of drug-likeness (QED) is 0.128. The van der Waals surface area contributed by atoms with Crippen LogP contribution in [0.25, 0.3) is 0 Å². The summed E-state index contributed by atoms with van der Waals surface area (Å²) in [7, 11) is 0. The summed E-state index contributed by atoms with van der Waals surface area (Å²) < 4.78 is 13.8. The van der Waals surface area contributed by atoms with E-state index in [2.05, 4.69) is 119 Å². The molecule has 0 aliphatic carbocycles. The smallest absolute Gasteiger partial charge is 0.143 e. The van der Waals surface area contributed by atoms with Crippen molar-refractivity contribution in [3.63, 3.8) is 0 Å². The Morgan fingerprint density at radius 1 is 0.514 bits per heavy atom. The molecule has 3 heteroatoms. The molecule has 0 amide bonds. The molecule has 0 aromatic heterocycles. The molecule has 0 unspecified atom stereocenters. The molecule has 0 aliphatic heterocycles. The monoisotopic (exact) mass is 528 g/mol. The van der Waals surface area contributed by atoms with Gasteiger partial charge in [0.2, 0.25) is 0 Å². The Hall–Kier alpha value is -2.72. The maximum absolute atomic E-state index is 6.85. The average molecular weight is 530 g/mol. The Kier molecular flexibility index (Phi) is 9.71. The summed E-state index contributed by atoms with van der Waals surface area (Å²) in [4.78, 5) is 0. The number of ether oxygens (including phenoxy) is 2. The molecular weight excluding hydrogens is 496 g/mol. The number of hydrogen-bond donors (Lipinski definition) is 0. The van der Waals surface area contributed by atoms with Crippen LogP contribution in [0.4, 0.5) is 0 Å². The van der Waals surface area contributed by atoms with E-state index >= 15 is 0 Å². The first-order valence-electron chi connectivity index (χ1n) is 12.4. The van der Waals surface area contributed by atoms with Crippen molar-refractivity contribution in [3.05, 3.63) is 142 Å².